The summed E-state index contributed by atoms with van der Waals surface area (Å²) in [4.78, 5) is 22.4. The Bertz CT molecular complexity index is 818. The lowest BCUT2D eigenvalue weighted by atomic mass is 10.1. The Hall–Kier alpha value is -3.01. The van der Waals surface area contributed by atoms with E-state index in [0.717, 1.165) is 4.68 Å². The summed E-state index contributed by atoms with van der Waals surface area (Å²) in [5.74, 6) is 0. The molecule has 0 radical (unpaired) electrons. The van der Waals surface area contributed by atoms with Gasteiger partial charge in [0.05, 0.1) is 17.2 Å². The molecule has 1 aromatic heterocycles. The maximum Gasteiger partial charge on any atom is 0.285 e. The van der Waals surface area contributed by atoms with Crippen LogP contribution in [0, 0.1) is 35.3 Å². The molecule has 7 nitrogen and oxygen atoms in total. The summed E-state index contributed by atoms with van der Waals surface area (Å²) in [5.41, 5.74) is 1.21. The van der Waals surface area contributed by atoms with Crippen molar-refractivity contribution in [1.82, 2.24) is 9.78 Å². The van der Waals surface area contributed by atoms with E-state index in [9.17, 15) is 14.9 Å². The minimum absolute atomic E-state index is 0.0490. The number of aryl methyl sites for hydroxylation is 1. The Kier molecular flexibility index (Phi) is 3.80. The van der Waals surface area contributed by atoms with Crippen LogP contribution in [0.25, 0.3) is 0 Å². The average molecular weight is 284 g/mol. The molecule has 2 aromatic rings. The topological polar surface area (TPSA) is 102 Å². The van der Waals surface area contributed by atoms with E-state index < -0.39 is 10.5 Å². The van der Waals surface area contributed by atoms with Crippen LogP contribution in [0.4, 0.5) is 5.69 Å². The normalized spacial score (nSPS) is 10.1. The van der Waals surface area contributed by atoms with E-state index >= 15 is 0 Å². The molecule has 1 aromatic carbocycles. The van der Waals surface area contributed by atoms with Crippen molar-refractivity contribution in [2.75, 3.05) is 0 Å². The largest absolute Gasteiger partial charge is 0.285 e. The summed E-state index contributed by atoms with van der Waals surface area (Å²) >= 11 is 0. The molecular weight excluding hydrogens is 272 g/mol. The van der Waals surface area contributed by atoms with Crippen molar-refractivity contribution in [2.24, 2.45) is 0 Å². The van der Waals surface area contributed by atoms with Gasteiger partial charge in [-0.1, -0.05) is 12.1 Å². The highest BCUT2D eigenvalue weighted by atomic mass is 16.6. The number of benzene rings is 1. The van der Waals surface area contributed by atoms with E-state index in [4.69, 9.17) is 5.26 Å². The molecule has 2 rings (SSSR count). The Morgan fingerprint density at radius 2 is 2.14 bits per heavy atom. The van der Waals surface area contributed by atoms with Gasteiger partial charge in [0.2, 0.25) is 0 Å². The maximum atomic E-state index is 12.1. The summed E-state index contributed by atoms with van der Waals surface area (Å²) in [7, 11) is 0. The number of nitro groups is 1. The number of hydrogen-bond acceptors (Lipinski definition) is 5. The Balaban J connectivity index is 2.48. The molecule has 0 amide bonds. The van der Waals surface area contributed by atoms with Crippen LogP contribution in [0.3, 0.4) is 0 Å². The summed E-state index contributed by atoms with van der Waals surface area (Å²) in [6.45, 7) is 3.45. The minimum atomic E-state index is -0.499. The van der Waals surface area contributed by atoms with Crippen LogP contribution in [0.2, 0.25) is 0 Å². The van der Waals surface area contributed by atoms with Crippen molar-refractivity contribution in [2.45, 2.75) is 20.4 Å². The summed E-state index contributed by atoms with van der Waals surface area (Å²) < 4.78 is 1.15. The van der Waals surface area contributed by atoms with Crippen molar-refractivity contribution in [1.29, 1.82) is 5.26 Å². The second kappa shape index (κ2) is 5.54. The van der Waals surface area contributed by atoms with Crippen LogP contribution < -0.4 is 5.56 Å². The highest BCUT2D eigenvalue weighted by Crippen LogP contribution is 2.14. The number of aromatic nitrogens is 2. The molecule has 1 heterocycles. The van der Waals surface area contributed by atoms with Gasteiger partial charge in [-0.3, -0.25) is 14.9 Å². The molecule has 0 aliphatic carbocycles. The van der Waals surface area contributed by atoms with Gasteiger partial charge in [0.25, 0.3) is 11.2 Å². The van der Waals surface area contributed by atoms with Gasteiger partial charge >= 0.3 is 0 Å². The van der Waals surface area contributed by atoms with E-state index in [-0.39, 0.29) is 17.8 Å². The van der Waals surface area contributed by atoms with E-state index in [0.29, 0.717) is 16.8 Å². The molecule has 0 N–H and O–H groups in total. The van der Waals surface area contributed by atoms with Crippen LogP contribution in [0.15, 0.2) is 29.1 Å². The van der Waals surface area contributed by atoms with Crippen molar-refractivity contribution >= 4 is 5.69 Å². The number of nitriles is 1. The van der Waals surface area contributed by atoms with Crippen molar-refractivity contribution in [3.8, 4) is 6.07 Å². The third kappa shape index (κ3) is 2.79. The van der Waals surface area contributed by atoms with Gasteiger partial charge in [0.15, 0.2) is 0 Å². The predicted molar refractivity (Wildman–Crippen MR) is 74.9 cm³/mol. The van der Waals surface area contributed by atoms with E-state index in [1.807, 2.05) is 6.07 Å². The van der Waals surface area contributed by atoms with Crippen LogP contribution >= 0.6 is 0 Å². The number of hydrogen-bond donors (Lipinski definition) is 0. The summed E-state index contributed by atoms with van der Waals surface area (Å²) in [5, 5.41) is 23.9. The molecule has 0 aliphatic rings. The number of nitrogens with zero attached hydrogens (tertiary/aromatic N) is 4. The van der Waals surface area contributed by atoms with E-state index in [1.165, 1.54) is 12.1 Å². The lowest BCUT2D eigenvalue weighted by molar-refractivity contribution is -0.384. The lowest BCUT2D eigenvalue weighted by Crippen LogP contribution is -2.28. The number of rotatable bonds is 3. The molecule has 0 bridgehead atoms. The first-order chi connectivity index (χ1) is 9.93. The maximum absolute atomic E-state index is 12.1. The molecular formula is C14H12N4O3. The first-order valence-electron chi connectivity index (χ1n) is 6.15. The van der Waals surface area contributed by atoms with Gasteiger partial charge in [-0.15, -0.1) is 0 Å². The lowest BCUT2D eigenvalue weighted by Gasteiger charge is -2.09. The van der Waals surface area contributed by atoms with Crippen molar-refractivity contribution < 1.29 is 4.92 Å². The average Bonchev–Trinajstić information content (AvgIpc) is 2.45. The molecule has 0 spiro atoms. The number of nitro benzene ring substituents is 1. The minimum Gasteiger partial charge on any atom is -0.266 e. The van der Waals surface area contributed by atoms with Gasteiger partial charge in [-0.2, -0.15) is 10.4 Å². The fourth-order valence-corrected chi connectivity index (χ4v) is 1.95. The monoisotopic (exact) mass is 284 g/mol. The predicted octanol–water partition coefficient (Wildman–Crippen LogP) is 1.69. The van der Waals surface area contributed by atoms with E-state index in [1.54, 1.807) is 26.0 Å². The zero-order valence-corrected chi connectivity index (χ0v) is 11.5. The first kappa shape index (κ1) is 14.4. The van der Waals surface area contributed by atoms with Gasteiger partial charge in [0.1, 0.15) is 11.6 Å². The Labute approximate surface area is 120 Å². The summed E-state index contributed by atoms with van der Waals surface area (Å²) in [6, 6.07) is 7.85. The van der Waals surface area contributed by atoms with Gasteiger partial charge < -0.3 is 0 Å². The fourth-order valence-electron chi connectivity index (χ4n) is 1.95. The molecule has 0 atom stereocenters. The first-order valence-corrected chi connectivity index (χ1v) is 6.15. The quantitative estimate of drug-likeness (QED) is 0.630. The highest BCUT2D eigenvalue weighted by Gasteiger charge is 2.13. The fraction of sp³-hybridized carbons (Fsp3) is 0.214. The smallest absolute Gasteiger partial charge is 0.266 e. The van der Waals surface area contributed by atoms with E-state index in [2.05, 4.69) is 5.10 Å². The zero-order chi connectivity index (χ0) is 15.6. The second-order valence-corrected chi connectivity index (χ2v) is 4.59. The standard InChI is InChI=1S/C14H12N4O3/c1-9-10(2)16-17(14(19)13(9)7-15)8-11-4-3-5-12(6-11)18(20)21/h3-6H,8H2,1-2H3. The highest BCUT2D eigenvalue weighted by molar-refractivity contribution is 5.37. The van der Waals surface area contributed by atoms with Crippen LogP contribution in [-0.2, 0) is 6.54 Å². The van der Waals surface area contributed by atoms with Crippen LogP contribution in [0.1, 0.15) is 22.4 Å². The number of non-ortho nitro benzene ring substituents is 1. The molecule has 21 heavy (non-hydrogen) atoms. The molecule has 0 aliphatic heterocycles. The van der Waals surface area contributed by atoms with Gasteiger partial charge in [-0.05, 0) is 25.0 Å². The Morgan fingerprint density at radius 3 is 2.76 bits per heavy atom. The SMILES string of the molecule is Cc1nn(Cc2cccc([N+](=O)[O-])c2)c(=O)c(C#N)c1C. The van der Waals surface area contributed by atoms with Crippen LogP contribution in [-0.4, -0.2) is 14.7 Å². The molecule has 0 fully saturated rings. The third-order valence-corrected chi connectivity index (χ3v) is 3.20. The zero-order valence-electron chi connectivity index (χ0n) is 11.5. The molecule has 7 heteroatoms. The molecule has 0 saturated carbocycles. The molecule has 0 saturated heterocycles. The van der Waals surface area contributed by atoms with Crippen LogP contribution in [0.5, 0.6) is 0 Å². The Morgan fingerprint density at radius 1 is 1.43 bits per heavy atom. The molecule has 0 unspecified atom stereocenters. The summed E-state index contributed by atoms with van der Waals surface area (Å²) in [6.07, 6.45) is 0. The van der Waals surface area contributed by atoms with Gasteiger partial charge in [0, 0.05) is 12.1 Å². The third-order valence-electron chi connectivity index (χ3n) is 3.20. The van der Waals surface area contributed by atoms with Gasteiger partial charge in [-0.25, -0.2) is 4.68 Å². The second-order valence-electron chi connectivity index (χ2n) is 4.59. The van der Waals surface area contributed by atoms with Crippen molar-refractivity contribution in [3.05, 3.63) is 67.1 Å². The van der Waals surface area contributed by atoms with Crippen molar-refractivity contribution in [3.63, 3.8) is 0 Å². The molecule has 106 valence electrons.